The number of carbonyl (C=O) groups excluding carboxylic acids is 1. The third kappa shape index (κ3) is 2.46. The van der Waals surface area contributed by atoms with Gasteiger partial charge >= 0.3 is 0 Å². The molecule has 0 atom stereocenters. The van der Waals surface area contributed by atoms with E-state index in [1.54, 1.807) is 0 Å². The van der Waals surface area contributed by atoms with Gasteiger partial charge in [0.05, 0.1) is 24.6 Å². The fourth-order valence-electron chi connectivity index (χ4n) is 1.25. The van der Waals surface area contributed by atoms with E-state index in [-0.39, 0.29) is 5.41 Å². The molecule has 1 aromatic heterocycles. The zero-order valence-electron chi connectivity index (χ0n) is 9.42. The molecule has 81 valence electrons. The molecule has 1 radical (unpaired) electrons. The van der Waals surface area contributed by atoms with Crippen molar-refractivity contribution in [2.45, 2.75) is 26.2 Å². The summed E-state index contributed by atoms with van der Waals surface area (Å²) in [5.74, 6) is -0.122. The molecule has 0 fully saturated rings. The summed E-state index contributed by atoms with van der Waals surface area (Å²) in [6, 6.07) is 2.81. The molecule has 0 spiro atoms. The Hall–Kier alpha value is -1.58. The van der Waals surface area contributed by atoms with Gasteiger partial charge in [-0.05, 0) is 0 Å². The van der Waals surface area contributed by atoms with E-state index in [9.17, 15) is 4.79 Å². The van der Waals surface area contributed by atoms with Gasteiger partial charge in [0, 0.05) is 11.5 Å². The average molecular weight is 207 g/mol. The summed E-state index contributed by atoms with van der Waals surface area (Å²) < 4.78 is 4.95. The van der Waals surface area contributed by atoms with Crippen molar-refractivity contribution in [1.82, 2.24) is 4.98 Å². The van der Waals surface area contributed by atoms with E-state index in [1.165, 1.54) is 13.3 Å². The Kier molecular flexibility index (Phi) is 2.98. The highest BCUT2D eigenvalue weighted by atomic mass is 16.5. The van der Waals surface area contributed by atoms with Crippen LogP contribution in [0.3, 0.4) is 0 Å². The second-order valence-electron chi connectivity index (χ2n) is 4.29. The van der Waals surface area contributed by atoms with Gasteiger partial charge in [0.1, 0.15) is 5.75 Å². The normalized spacial score (nSPS) is 11.2. The van der Waals surface area contributed by atoms with E-state index in [0.717, 1.165) is 0 Å². The molecular formula is C11H15N2O2. The van der Waals surface area contributed by atoms with E-state index in [0.29, 0.717) is 17.0 Å². The standard InChI is InChI=1S/C11H15N2O2/c1-11(2,3)9-8(10(12)14)5-7(15-4)6-13-9/h6H,1-4H3,(H2,12,14). The van der Waals surface area contributed by atoms with E-state index in [2.05, 4.69) is 11.1 Å². The number of amides is 1. The van der Waals surface area contributed by atoms with Crippen LogP contribution in [0.4, 0.5) is 0 Å². The molecule has 0 unspecified atom stereocenters. The van der Waals surface area contributed by atoms with Crippen LogP contribution < -0.4 is 10.5 Å². The maximum absolute atomic E-state index is 11.2. The lowest BCUT2D eigenvalue weighted by Crippen LogP contribution is -2.23. The number of primary amides is 1. The molecule has 1 aromatic rings. The first kappa shape index (κ1) is 11.5. The lowest BCUT2D eigenvalue weighted by atomic mass is 9.88. The molecule has 0 bridgehead atoms. The Balaban J connectivity index is 3.34. The number of methoxy groups -OCH3 is 1. The number of carbonyl (C=O) groups is 1. The summed E-state index contributed by atoms with van der Waals surface area (Å²) >= 11 is 0. The number of aromatic nitrogens is 1. The van der Waals surface area contributed by atoms with Crippen LogP contribution in [0.15, 0.2) is 6.20 Å². The first-order chi connectivity index (χ1) is 6.86. The maximum atomic E-state index is 11.2. The molecule has 2 N–H and O–H groups in total. The lowest BCUT2D eigenvalue weighted by Gasteiger charge is -2.20. The number of nitrogens with two attached hydrogens (primary N) is 1. The molecule has 15 heavy (non-hydrogen) atoms. The summed E-state index contributed by atoms with van der Waals surface area (Å²) in [6.45, 7) is 5.88. The molecule has 1 rings (SSSR count). The van der Waals surface area contributed by atoms with Crippen LogP contribution >= 0.6 is 0 Å². The maximum Gasteiger partial charge on any atom is 0.251 e. The van der Waals surface area contributed by atoms with Crippen molar-refractivity contribution in [3.05, 3.63) is 23.5 Å². The Labute approximate surface area is 89.5 Å². The van der Waals surface area contributed by atoms with Crippen LogP contribution in [-0.4, -0.2) is 18.0 Å². The molecule has 1 heterocycles. The predicted octanol–water partition coefficient (Wildman–Crippen LogP) is 1.29. The van der Waals surface area contributed by atoms with Crippen LogP contribution in [0.2, 0.25) is 0 Å². The first-order valence-corrected chi connectivity index (χ1v) is 4.63. The van der Waals surface area contributed by atoms with Gasteiger partial charge in [0.2, 0.25) is 0 Å². The molecule has 0 saturated carbocycles. The second kappa shape index (κ2) is 3.88. The monoisotopic (exact) mass is 207 g/mol. The van der Waals surface area contributed by atoms with Crippen molar-refractivity contribution >= 4 is 5.91 Å². The third-order valence-electron chi connectivity index (χ3n) is 1.97. The molecular weight excluding hydrogens is 192 g/mol. The third-order valence-corrected chi connectivity index (χ3v) is 1.97. The highest BCUT2D eigenvalue weighted by molar-refractivity contribution is 5.94. The fourth-order valence-corrected chi connectivity index (χ4v) is 1.25. The predicted molar refractivity (Wildman–Crippen MR) is 56.8 cm³/mol. The minimum absolute atomic E-state index is 0.243. The Morgan fingerprint density at radius 3 is 2.53 bits per heavy atom. The van der Waals surface area contributed by atoms with Gasteiger partial charge < -0.3 is 10.5 Å². The highest BCUT2D eigenvalue weighted by Gasteiger charge is 2.23. The van der Waals surface area contributed by atoms with Crippen molar-refractivity contribution in [2.75, 3.05) is 7.11 Å². The summed E-state index contributed by atoms with van der Waals surface area (Å²) in [5.41, 5.74) is 5.95. The van der Waals surface area contributed by atoms with Gasteiger partial charge in [0.15, 0.2) is 0 Å². The van der Waals surface area contributed by atoms with Gasteiger partial charge in [-0.15, -0.1) is 0 Å². The largest absolute Gasteiger partial charge is 0.494 e. The van der Waals surface area contributed by atoms with Gasteiger partial charge in [-0.25, -0.2) is 0 Å². The molecule has 0 aromatic carbocycles. The number of rotatable bonds is 2. The Morgan fingerprint density at radius 1 is 1.53 bits per heavy atom. The topological polar surface area (TPSA) is 65.2 Å². The van der Waals surface area contributed by atoms with E-state index in [4.69, 9.17) is 10.5 Å². The van der Waals surface area contributed by atoms with Crippen LogP contribution in [0.25, 0.3) is 0 Å². The van der Waals surface area contributed by atoms with E-state index >= 15 is 0 Å². The highest BCUT2D eigenvalue weighted by Crippen LogP contribution is 2.25. The number of ether oxygens (including phenoxy) is 1. The Bertz CT molecular complexity index is 381. The summed E-state index contributed by atoms with van der Waals surface area (Å²) in [7, 11) is 1.50. The Morgan fingerprint density at radius 2 is 2.13 bits per heavy atom. The van der Waals surface area contributed by atoms with E-state index in [1.807, 2.05) is 20.8 Å². The van der Waals surface area contributed by atoms with Crippen LogP contribution in [0.1, 0.15) is 36.8 Å². The number of nitrogens with zero attached hydrogens (tertiary/aromatic N) is 1. The second-order valence-corrected chi connectivity index (χ2v) is 4.29. The smallest absolute Gasteiger partial charge is 0.251 e. The summed E-state index contributed by atoms with van der Waals surface area (Å²) in [4.78, 5) is 15.4. The minimum Gasteiger partial charge on any atom is -0.494 e. The van der Waals surface area contributed by atoms with Gasteiger partial charge in [-0.1, -0.05) is 20.8 Å². The number of hydrogen-bond acceptors (Lipinski definition) is 3. The SMILES string of the molecule is COc1[c]c(C(N)=O)c(C(C)(C)C)nc1. The van der Waals surface area contributed by atoms with Crippen molar-refractivity contribution in [3.8, 4) is 5.75 Å². The number of pyridine rings is 1. The number of hydrogen-bond donors (Lipinski definition) is 1. The first-order valence-electron chi connectivity index (χ1n) is 4.63. The van der Waals surface area contributed by atoms with Gasteiger partial charge in [-0.2, -0.15) is 0 Å². The fraction of sp³-hybridized carbons (Fsp3) is 0.455. The minimum atomic E-state index is -0.536. The molecule has 4 heteroatoms. The quantitative estimate of drug-likeness (QED) is 0.794. The molecule has 4 nitrogen and oxygen atoms in total. The van der Waals surface area contributed by atoms with Crippen LogP contribution in [-0.2, 0) is 5.41 Å². The van der Waals surface area contributed by atoms with Crippen molar-refractivity contribution in [2.24, 2.45) is 5.73 Å². The average Bonchev–Trinajstić information content (AvgIpc) is 2.15. The molecule has 0 saturated heterocycles. The van der Waals surface area contributed by atoms with Crippen LogP contribution in [0, 0.1) is 6.07 Å². The molecule has 0 aliphatic heterocycles. The molecule has 0 aliphatic rings. The van der Waals surface area contributed by atoms with Gasteiger partial charge in [0.25, 0.3) is 5.91 Å². The lowest BCUT2D eigenvalue weighted by molar-refractivity contribution is 0.0997. The molecule has 1 amide bonds. The van der Waals surface area contributed by atoms with Crippen molar-refractivity contribution in [3.63, 3.8) is 0 Å². The van der Waals surface area contributed by atoms with Gasteiger partial charge in [-0.3, -0.25) is 9.78 Å². The van der Waals surface area contributed by atoms with Crippen molar-refractivity contribution < 1.29 is 9.53 Å². The van der Waals surface area contributed by atoms with E-state index < -0.39 is 5.91 Å². The molecule has 0 aliphatic carbocycles. The van der Waals surface area contributed by atoms with Crippen molar-refractivity contribution in [1.29, 1.82) is 0 Å². The van der Waals surface area contributed by atoms with Crippen LogP contribution in [0.5, 0.6) is 5.75 Å². The zero-order chi connectivity index (χ0) is 11.6. The summed E-state index contributed by atoms with van der Waals surface area (Å²) in [6.07, 6.45) is 1.53. The zero-order valence-corrected chi connectivity index (χ0v) is 9.42. The summed E-state index contributed by atoms with van der Waals surface area (Å²) in [5, 5.41) is 0.